The Labute approximate surface area is 207 Å². The maximum absolute atomic E-state index is 13.1. The molecule has 0 fully saturated rings. The first-order chi connectivity index (χ1) is 17.0. The molecule has 184 valence electrons. The predicted molar refractivity (Wildman–Crippen MR) is 137 cm³/mol. The van der Waals surface area contributed by atoms with Crippen molar-refractivity contribution in [1.82, 2.24) is 10.6 Å². The van der Waals surface area contributed by atoms with Crippen molar-refractivity contribution in [1.29, 1.82) is 0 Å². The number of carbonyl (C=O) groups excluding carboxylic acids is 2. The average Bonchev–Trinajstić information content (AvgIpc) is 2.88. The van der Waals surface area contributed by atoms with E-state index in [9.17, 15) is 14.7 Å². The smallest absolute Gasteiger partial charge is 0.247 e. The van der Waals surface area contributed by atoms with Crippen LogP contribution < -0.4 is 15.4 Å². The summed E-state index contributed by atoms with van der Waals surface area (Å²) >= 11 is 0. The Kier molecular flexibility index (Phi) is 10.2. The highest BCUT2D eigenvalue weighted by molar-refractivity contribution is 5.88. The lowest BCUT2D eigenvalue weighted by atomic mass is 10.0. The third kappa shape index (κ3) is 8.81. The molecule has 6 heteroatoms. The molecule has 1 atom stereocenters. The summed E-state index contributed by atoms with van der Waals surface area (Å²) in [5.41, 5.74) is 2.77. The molecule has 0 saturated carbocycles. The van der Waals surface area contributed by atoms with Crippen molar-refractivity contribution in [3.05, 3.63) is 95.6 Å². The Morgan fingerprint density at radius 2 is 1.60 bits per heavy atom. The second kappa shape index (κ2) is 13.8. The molecule has 0 aromatic heterocycles. The van der Waals surface area contributed by atoms with E-state index in [0.717, 1.165) is 30.4 Å². The third-order valence-corrected chi connectivity index (χ3v) is 5.69. The molecular formula is C29H34N2O4. The molecule has 2 amide bonds. The summed E-state index contributed by atoms with van der Waals surface area (Å²) in [7, 11) is 0. The lowest BCUT2D eigenvalue weighted by molar-refractivity contribution is -0.129. The Balaban J connectivity index is 1.62. The minimum absolute atomic E-state index is 0.137. The van der Waals surface area contributed by atoms with Gasteiger partial charge in [0.25, 0.3) is 0 Å². The second-order valence-electron chi connectivity index (χ2n) is 8.51. The van der Waals surface area contributed by atoms with Crippen LogP contribution >= 0.6 is 0 Å². The third-order valence-electron chi connectivity index (χ3n) is 5.69. The van der Waals surface area contributed by atoms with Crippen molar-refractivity contribution in [2.45, 2.75) is 51.7 Å². The highest BCUT2D eigenvalue weighted by atomic mass is 16.5. The van der Waals surface area contributed by atoms with Crippen molar-refractivity contribution in [3.63, 3.8) is 0 Å². The quantitative estimate of drug-likeness (QED) is 0.302. The van der Waals surface area contributed by atoms with E-state index in [0.29, 0.717) is 37.3 Å². The van der Waals surface area contributed by atoms with Gasteiger partial charge in [-0.2, -0.15) is 0 Å². The lowest BCUT2D eigenvalue weighted by Gasteiger charge is -2.19. The highest BCUT2D eigenvalue weighted by Gasteiger charge is 2.22. The van der Waals surface area contributed by atoms with Crippen LogP contribution in [0.1, 0.15) is 55.3 Å². The van der Waals surface area contributed by atoms with Crippen LogP contribution in [0.4, 0.5) is 0 Å². The largest absolute Gasteiger partial charge is 0.508 e. The van der Waals surface area contributed by atoms with Gasteiger partial charge in [-0.1, -0.05) is 74.4 Å². The summed E-state index contributed by atoms with van der Waals surface area (Å²) in [5, 5.41) is 15.3. The summed E-state index contributed by atoms with van der Waals surface area (Å²) in [6.07, 6.45) is 3.81. The first-order valence-corrected chi connectivity index (χ1v) is 12.2. The molecule has 3 aromatic carbocycles. The number of phenols is 1. The minimum atomic E-state index is -0.785. The summed E-state index contributed by atoms with van der Waals surface area (Å²) in [6, 6.07) is 23.3. The number of hydrogen-bond acceptors (Lipinski definition) is 4. The van der Waals surface area contributed by atoms with Crippen molar-refractivity contribution >= 4 is 11.8 Å². The van der Waals surface area contributed by atoms with E-state index in [1.807, 2.05) is 66.7 Å². The zero-order valence-corrected chi connectivity index (χ0v) is 20.2. The van der Waals surface area contributed by atoms with Crippen LogP contribution in [0.25, 0.3) is 0 Å². The van der Waals surface area contributed by atoms with Crippen LogP contribution in [0.3, 0.4) is 0 Å². The molecule has 6 nitrogen and oxygen atoms in total. The molecule has 3 N–H and O–H groups in total. The van der Waals surface area contributed by atoms with E-state index in [4.69, 9.17) is 4.74 Å². The van der Waals surface area contributed by atoms with Crippen molar-refractivity contribution < 1.29 is 19.4 Å². The molecule has 0 aliphatic heterocycles. The maximum atomic E-state index is 13.1. The monoisotopic (exact) mass is 474 g/mol. The predicted octanol–water partition coefficient (Wildman–Crippen LogP) is 5.07. The van der Waals surface area contributed by atoms with Crippen LogP contribution in [-0.2, 0) is 22.6 Å². The van der Waals surface area contributed by atoms with E-state index in [-0.39, 0.29) is 17.6 Å². The number of rotatable bonds is 13. The number of amides is 2. The van der Waals surface area contributed by atoms with Gasteiger partial charge in [-0.25, -0.2) is 0 Å². The van der Waals surface area contributed by atoms with Gasteiger partial charge in [0, 0.05) is 13.0 Å². The Morgan fingerprint density at radius 1 is 0.886 bits per heavy atom. The molecule has 35 heavy (non-hydrogen) atoms. The number of hydrogen-bond donors (Lipinski definition) is 3. The van der Waals surface area contributed by atoms with Gasteiger partial charge >= 0.3 is 0 Å². The molecule has 0 saturated heterocycles. The number of ether oxygens (including phenoxy) is 1. The van der Waals surface area contributed by atoms with Crippen LogP contribution in [0.5, 0.6) is 11.5 Å². The van der Waals surface area contributed by atoms with Gasteiger partial charge in [-0.3, -0.25) is 9.59 Å². The van der Waals surface area contributed by atoms with E-state index < -0.39 is 6.04 Å². The molecule has 3 rings (SSSR count). The number of aromatic hydroxyl groups is 1. The van der Waals surface area contributed by atoms with Gasteiger partial charge in [0.1, 0.15) is 24.1 Å². The maximum Gasteiger partial charge on any atom is 0.247 e. The first kappa shape index (κ1) is 25.8. The fourth-order valence-electron chi connectivity index (χ4n) is 3.66. The van der Waals surface area contributed by atoms with Gasteiger partial charge in [-0.05, 0) is 53.8 Å². The normalized spacial score (nSPS) is 11.5. The van der Waals surface area contributed by atoms with Gasteiger partial charge < -0.3 is 20.5 Å². The SMILES string of the molecule is CCCCCC(=O)N[C@H](C(=O)NCCc1ccc(O)cc1)c1ccc(OCc2ccccc2)cc1. The van der Waals surface area contributed by atoms with Crippen LogP contribution in [0, 0.1) is 0 Å². The molecule has 0 heterocycles. The lowest BCUT2D eigenvalue weighted by Crippen LogP contribution is -2.41. The summed E-state index contributed by atoms with van der Waals surface area (Å²) in [5.74, 6) is 0.505. The van der Waals surface area contributed by atoms with E-state index >= 15 is 0 Å². The van der Waals surface area contributed by atoms with Crippen LogP contribution in [0.15, 0.2) is 78.9 Å². The highest BCUT2D eigenvalue weighted by Crippen LogP contribution is 2.20. The van der Waals surface area contributed by atoms with E-state index in [2.05, 4.69) is 17.6 Å². The zero-order valence-electron chi connectivity index (χ0n) is 20.2. The number of unbranched alkanes of at least 4 members (excludes halogenated alkanes) is 2. The number of nitrogens with one attached hydrogen (secondary N) is 2. The fraction of sp³-hybridized carbons (Fsp3) is 0.310. The van der Waals surface area contributed by atoms with Crippen LogP contribution in [0.2, 0.25) is 0 Å². The molecule has 0 radical (unpaired) electrons. The average molecular weight is 475 g/mol. The Bertz CT molecular complexity index is 1050. The molecular weight excluding hydrogens is 440 g/mol. The topological polar surface area (TPSA) is 87.7 Å². The summed E-state index contributed by atoms with van der Waals surface area (Å²) < 4.78 is 5.85. The molecule has 0 aliphatic rings. The second-order valence-corrected chi connectivity index (χ2v) is 8.51. The van der Waals surface area contributed by atoms with Crippen molar-refractivity contribution in [3.8, 4) is 11.5 Å². The minimum Gasteiger partial charge on any atom is -0.508 e. The zero-order chi connectivity index (χ0) is 24.9. The molecule has 0 spiro atoms. The Morgan fingerprint density at radius 3 is 2.29 bits per heavy atom. The number of benzene rings is 3. The molecule has 0 unspecified atom stereocenters. The van der Waals surface area contributed by atoms with Crippen molar-refractivity contribution in [2.75, 3.05) is 6.54 Å². The van der Waals surface area contributed by atoms with Gasteiger partial charge in [0.05, 0.1) is 0 Å². The standard InChI is InChI=1S/C29H34N2O4/c1-2-3-5-10-27(33)31-28(29(34)30-20-19-22-11-15-25(32)16-12-22)24-13-17-26(18-14-24)35-21-23-8-6-4-7-9-23/h4,6-9,11-18,28,32H,2-3,5,10,19-21H2,1H3,(H,30,34)(H,31,33)/t28-/m0/s1. The van der Waals surface area contributed by atoms with E-state index in [1.165, 1.54) is 0 Å². The number of phenolic OH excluding ortho intramolecular Hbond substituents is 1. The van der Waals surface area contributed by atoms with Gasteiger partial charge in [0.2, 0.25) is 11.8 Å². The van der Waals surface area contributed by atoms with Gasteiger partial charge in [-0.15, -0.1) is 0 Å². The Hall–Kier alpha value is -3.80. The number of carbonyl (C=O) groups is 2. The molecule has 0 aliphatic carbocycles. The fourth-order valence-corrected chi connectivity index (χ4v) is 3.66. The summed E-state index contributed by atoms with van der Waals surface area (Å²) in [6.45, 7) is 2.96. The molecule has 3 aromatic rings. The van der Waals surface area contributed by atoms with Gasteiger partial charge in [0.15, 0.2) is 0 Å². The molecule has 0 bridgehead atoms. The van der Waals surface area contributed by atoms with Crippen LogP contribution in [-0.4, -0.2) is 23.5 Å². The van der Waals surface area contributed by atoms with E-state index in [1.54, 1.807) is 12.1 Å². The first-order valence-electron chi connectivity index (χ1n) is 12.2. The van der Waals surface area contributed by atoms with Crippen molar-refractivity contribution in [2.24, 2.45) is 0 Å². The summed E-state index contributed by atoms with van der Waals surface area (Å²) in [4.78, 5) is 25.6.